The minimum Gasteiger partial charge on any atom is -0.395 e. The number of sulfonamides is 1. The lowest BCUT2D eigenvalue weighted by Crippen LogP contribution is -2.37. The first kappa shape index (κ1) is 16.0. The van der Waals surface area contributed by atoms with Crippen molar-refractivity contribution in [2.24, 2.45) is 0 Å². The van der Waals surface area contributed by atoms with Gasteiger partial charge < -0.3 is 5.11 Å². The van der Waals surface area contributed by atoms with Gasteiger partial charge in [0.05, 0.1) is 16.7 Å². The van der Waals surface area contributed by atoms with Gasteiger partial charge in [-0.1, -0.05) is 34.8 Å². The Morgan fingerprint density at radius 2 is 1.72 bits per heavy atom. The zero-order chi connectivity index (χ0) is 14.1. The van der Waals surface area contributed by atoms with Crippen molar-refractivity contribution in [1.82, 2.24) is 4.31 Å². The average molecular weight is 333 g/mol. The van der Waals surface area contributed by atoms with E-state index in [2.05, 4.69) is 0 Å². The van der Waals surface area contributed by atoms with Crippen LogP contribution in [0.15, 0.2) is 17.0 Å². The van der Waals surface area contributed by atoms with Crippen LogP contribution in [-0.4, -0.2) is 37.5 Å². The number of hydrogen-bond acceptors (Lipinski definition) is 3. The zero-order valence-corrected chi connectivity index (χ0v) is 12.8. The average Bonchev–Trinajstić information content (AvgIpc) is 2.24. The topological polar surface area (TPSA) is 57.6 Å². The van der Waals surface area contributed by atoms with E-state index in [-0.39, 0.29) is 26.6 Å². The third-order valence-electron chi connectivity index (χ3n) is 2.49. The molecule has 0 aromatic heterocycles. The molecule has 0 aliphatic heterocycles. The molecule has 0 saturated heterocycles. The van der Waals surface area contributed by atoms with Gasteiger partial charge in [-0.3, -0.25) is 0 Å². The molecule has 102 valence electrons. The van der Waals surface area contributed by atoms with Crippen molar-refractivity contribution >= 4 is 44.8 Å². The first-order valence-corrected chi connectivity index (χ1v) is 7.52. The number of halogens is 3. The molecular weight excluding hydrogens is 321 g/mol. The van der Waals surface area contributed by atoms with Crippen molar-refractivity contribution in [2.75, 3.05) is 13.7 Å². The maximum absolute atomic E-state index is 12.3. The van der Waals surface area contributed by atoms with Crippen LogP contribution in [0, 0.1) is 0 Å². The smallest absolute Gasteiger partial charge is 0.246 e. The van der Waals surface area contributed by atoms with Gasteiger partial charge in [-0.15, -0.1) is 0 Å². The molecule has 0 amide bonds. The molecule has 4 nitrogen and oxygen atoms in total. The third kappa shape index (κ3) is 3.10. The van der Waals surface area contributed by atoms with Gasteiger partial charge in [0.1, 0.15) is 4.90 Å². The third-order valence-corrected chi connectivity index (χ3v) is 5.60. The summed E-state index contributed by atoms with van der Waals surface area (Å²) in [5.74, 6) is 0. The Morgan fingerprint density at radius 1 is 1.28 bits per heavy atom. The van der Waals surface area contributed by atoms with Crippen LogP contribution in [0.1, 0.15) is 6.92 Å². The van der Waals surface area contributed by atoms with Crippen molar-refractivity contribution in [3.63, 3.8) is 0 Å². The Morgan fingerprint density at radius 3 is 2.11 bits per heavy atom. The van der Waals surface area contributed by atoms with Gasteiger partial charge in [-0.05, 0) is 19.1 Å². The second-order valence-corrected chi connectivity index (χ2v) is 6.94. The van der Waals surface area contributed by atoms with Crippen LogP contribution in [0.25, 0.3) is 0 Å². The molecule has 0 heterocycles. The van der Waals surface area contributed by atoms with E-state index < -0.39 is 16.1 Å². The summed E-state index contributed by atoms with van der Waals surface area (Å²) in [6.07, 6.45) is 0. The number of likely N-dealkylation sites (N-methyl/N-ethyl adjacent to an activating group) is 1. The molecule has 0 radical (unpaired) electrons. The molecule has 0 saturated carbocycles. The van der Waals surface area contributed by atoms with Crippen LogP contribution >= 0.6 is 34.8 Å². The van der Waals surface area contributed by atoms with Crippen LogP contribution in [0.2, 0.25) is 15.1 Å². The number of rotatable bonds is 4. The maximum atomic E-state index is 12.3. The SMILES string of the molecule is CC(CO)N(C)S(=O)(=O)c1c(Cl)cc(Cl)cc1Cl. The molecule has 18 heavy (non-hydrogen) atoms. The summed E-state index contributed by atoms with van der Waals surface area (Å²) in [5.41, 5.74) is 0. The van der Waals surface area contributed by atoms with E-state index in [1.807, 2.05) is 0 Å². The predicted molar refractivity (Wildman–Crippen MR) is 73.0 cm³/mol. The fraction of sp³-hybridized carbons (Fsp3) is 0.400. The van der Waals surface area contributed by atoms with E-state index >= 15 is 0 Å². The Kier molecular flexibility index (Phi) is 5.29. The van der Waals surface area contributed by atoms with Crippen molar-refractivity contribution in [3.05, 3.63) is 27.2 Å². The van der Waals surface area contributed by atoms with Crippen LogP contribution < -0.4 is 0 Å². The molecule has 1 aromatic rings. The fourth-order valence-corrected chi connectivity index (χ4v) is 4.11. The Hall–Kier alpha value is -0.0400. The highest BCUT2D eigenvalue weighted by atomic mass is 35.5. The molecule has 1 rings (SSSR count). The van der Waals surface area contributed by atoms with Crippen molar-refractivity contribution in [1.29, 1.82) is 0 Å². The highest BCUT2D eigenvalue weighted by Crippen LogP contribution is 2.34. The molecule has 1 N–H and O–H groups in total. The number of aliphatic hydroxyl groups is 1. The van der Waals surface area contributed by atoms with Crippen molar-refractivity contribution in [2.45, 2.75) is 17.9 Å². The first-order chi connectivity index (χ1) is 8.21. The van der Waals surface area contributed by atoms with E-state index in [0.717, 1.165) is 4.31 Å². The van der Waals surface area contributed by atoms with Gasteiger partial charge in [-0.25, -0.2) is 8.42 Å². The highest BCUT2D eigenvalue weighted by molar-refractivity contribution is 7.89. The van der Waals surface area contributed by atoms with Gasteiger partial charge in [0.15, 0.2) is 0 Å². The molecular formula is C10H12Cl3NO3S. The molecule has 0 fully saturated rings. The molecule has 8 heteroatoms. The summed E-state index contributed by atoms with van der Waals surface area (Å²) in [4.78, 5) is -0.210. The van der Waals surface area contributed by atoms with Crippen molar-refractivity contribution < 1.29 is 13.5 Å². The van der Waals surface area contributed by atoms with Crippen LogP contribution in [-0.2, 0) is 10.0 Å². The molecule has 1 atom stereocenters. The lowest BCUT2D eigenvalue weighted by molar-refractivity contribution is 0.214. The molecule has 0 bridgehead atoms. The number of aliphatic hydroxyl groups excluding tert-OH is 1. The van der Waals surface area contributed by atoms with Gasteiger partial charge >= 0.3 is 0 Å². The Balaban J connectivity index is 3.38. The Labute approximate surface area is 121 Å². The summed E-state index contributed by atoms with van der Waals surface area (Å²) < 4.78 is 25.6. The zero-order valence-electron chi connectivity index (χ0n) is 9.69. The summed E-state index contributed by atoms with van der Waals surface area (Å²) in [6.45, 7) is 1.26. The monoisotopic (exact) mass is 331 g/mol. The lowest BCUT2D eigenvalue weighted by atomic mass is 10.4. The number of hydrogen-bond donors (Lipinski definition) is 1. The molecule has 0 aliphatic carbocycles. The second kappa shape index (κ2) is 5.94. The summed E-state index contributed by atoms with van der Waals surface area (Å²) >= 11 is 17.5. The van der Waals surface area contributed by atoms with E-state index in [1.165, 1.54) is 19.2 Å². The van der Waals surface area contributed by atoms with E-state index in [4.69, 9.17) is 39.9 Å². The van der Waals surface area contributed by atoms with E-state index in [1.54, 1.807) is 6.92 Å². The minimum atomic E-state index is -3.88. The fourth-order valence-electron chi connectivity index (χ4n) is 1.27. The standard InChI is InChI=1S/C10H12Cl3NO3S/c1-6(5-15)14(2)18(16,17)10-8(12)3-7(11)4-9(10)13/h3-4,6,15H,5H2,1-2H3. The summed E-state index contributed by atoms with van der Waals surface area (Å²) in [6, 6.07) is 2.02. The Bertz CT molecular complexity index is 524. The van der Waals surface area contributed by atoms with Gasteiger partial charge in [0.25, 0.3) is 0 Å². The number of nitrogens with zero attached hydrogens (tertiary/aromatic N) is 1. The molecule has 0 aliphatic rings. The molecule has 0 spiro atoms. The quantitative estimate of drug-likeness (QED) is 0.922. The first-order valence-electron chi connectivity index (χ1n) is 4.95. The van der Waals surface area contributed by atoms with E-state index in [0.29, 0.717) is 0 Å². The van der Waals surface area contributed by atoms with Crippen molar-refractivity contribution in [3.8, 4) is 0 Å². The number of benzene rings is 1. The normalized spacial score (nSPS) is 13.9. The summed E-state index contributed by atoms with van der Waals surface area (Å²) in [7, 11) is -2.53. The van der Waals surface area contributed by atoms with Crippen LogP contribution in [0.5, 0.6) is 0 Å². The molecule has 1 aromatic carbocycles. The van der Waals surface area contributed by atoms with Gasteiger partial charge in [0.2, 0.25) is 10.0 Å². The summed E-state index contributed by atoms with van der Waals surface area (Å²) in [5, 5.41) is 9.15. The lowest BCUT2D eigenvalue weighted by Gasteiger charge is -2.23. The highest BCUT2D eigenvalue weighted by Gasteiger charge is 2.29. The largest absolute Gasteiger partial charge is 0.395 e. The van der Waals surface area contributed by atoms with E-state index in [9.17, 15) is 8.42 Å². The second-order valence-electron chi connectivity index (χ2n) is 3.75. The van der Waals surface area contributed by atoms with Crippen LogP contribution in [0.3, 0.4) is 0 Å². The van der Waals surface area contributed by atoms with Gasteiger partial charge in [-0.2, -0.15) is 4.31 Å². The predicted octanol–water partition coefficient (Wildman–Crippen LogP) is 2.65. The van der Waals surface area contributed by atoms with Crippen LogP contribution in [0.4, 0.5) is 0 Å². The maximum Gasteiger partial charge on any atom is 0.246 e. The minimum absolute atomic E-state index is 0.0514. The van der Waals surface area contributed by atoms with Gasteiger partial charge in [0, 0.05) is 18.1 Å². The molecule has 1 unspecified atom stereocenters.